The molecule has 0 saturated heterocycles. The molecule has 0 aliphatic rings. The molecule has 0 spiro atoms. The zero-order chi connectivity index (χ0) is 14.2. The Morgan fingerprint density at radius 3 is 2.24 bits per heavy atom. The van der Waals surface area contributed by atoms with E-state index < -0.39 is 0 Å². The molecule has 0 N–H and O–H groups in total. The fourth-order valence-electron chi connectivity index (χ4n) is 2.59. The van der Waals surface area contributed by atoms with Crippen molar-refractivity contribution in [2.75, 3.05) is 0 Å². The highest BCUT2D eigenvalue weighted by molar-refractivity contribution is 6.30. The van der Waals surface area contributed by atoms with E-state index in [0.717, 1.165) is 27.1 Å². The Hall–Kier alpha value is -2.45. The highest BCUT2D eigenvalue weighted by Gasteiger charge is 2.07. The predicted octanol–water partition coefficient (Wildman–Crippen LogP) is 5.10. The van der Waals surface area contributed by atoms with Crippen LogP contribution in [-0.4, -0.2) is 10.2 Å². The van der Waals surface area contributed by atoms with E-state index >= 15 is 0 Å². The monoisotopic (exact) mass is 290 g/mol. The Morgan fingerprint density at radius 2 is 1.48 bits per heavy atom. The van der Waals surface area contributed by atoms with Crippen molar-refractivity contribution in [1.82, 2.24) is 10.2 Å². The van der Waals surface area contributed by atoms with Gasteiger partial charge in [-0.3, -0.25) is 0 Å². The highest BCUT2D eigenvalue weighted by atomic mass is 35.5. The number of halogens is 1. The molecule has 0 unspecified atom stereocenters. The van der Waals surface area contributed by atoms with E-state index in [1.54, 1.807) is 6.20 Å². The molecule has 4 aromatic rings. The van der Waals surface area contributed by atoms with Gasteiger partial charge in [-0.1, -0.05) is 48.0 Å². The van der Waals surface area contributed by atoms with Crippen LogP contribution < -0.4 is 0 Å². The first-order valence-corrected chi connectivity index (χ1v) is 7.09. The van der Waals surface area contributed by atoms with E-state index in [0.29, 0.717) is 0 Å². The van der Waals surface area contributed by atoms with Crippen LogP contribution in [0.25, 0.3) is 32.8 Å². The van der Waals surface area contributed by atoms with Gasteiger partial charge in [0.25, 0.3) is 0 Å². The second-order valence-electron chi connectivity index (χ2n) is 4.99. The first kappa shape index (κ1) is 12.3. The van der Waals surface area contributed by atoms with Gasteiger partial charge in [-0.25, -0.2) is 0 Å². The Balaban J connectivity index is 2.04. The Kier molecular flexibility index (Phi) is 2.83. The van der Waals surface area contributed by atoms with Gasteiger partial charge in [-0.15, -0.1) is 5.10 Å². The molecule has 0 atom stereocenters. The van der Waals surface area contributed by atoms with Gasteiger partial charge in [0.15, 0.2) is 0 Å². The molecule has 3 aromatic carbocycles. The molecule has 1 aromatic heterocycles. The fourth-order valence-corrected chi connectivity index (χ4v) is 2.72. The third-order valence-electron chi connectivity index (χ3n) is 3.65. The fraction of sp³-hybridized carbons (Fsp3) is 0. The summed E-state index contributed by atoms with van der Waals surface area (Å²) in [5.74, 6) is 0. The summed E-state index contributed by atoms with van der Waals surface area (Å²) < 4.78 is 0. The average Bonchev–Trinajstić information content (AvgIpc) is 2.53. The van der Waals surface area contributed by atoms with Crippen molar-refractivity contribution in [1.29, 1.82) is 0 Å². The van der Waals surface area contributed by atoms with Crippen LogP contribution in [0.3, 0.4) is 0 Å². The summed E-state index contributed by atoms with van der Waals surface area (Å²) >= 11 is 5.96. The second-order valence-corrected chi connectivity index (χ2v) is 5.42. The average molecular weight is 291 g/mol. The number of fused-ring (bicyclic) bond motifs is 2. The number of nitrogens with zero attached hydrogens (tertiary/aromatic N) is 2. The molecule has 3 heteroatoms. The van der Waals surface area contributed by atoms with Crippen molar-refractivity contribution in [3.05, 3.63) is 71.9 Å². The molecule has 21 heavy (non-hydrogen) atoms. The lowest BCUT2D eigenvalue weighted by molar-refractivity contribution is 1.06. The van der Waals surface area contributed by atoms with E-state index in [9.17, 15) is 0 Å². The summed E-state index contributed by atoms with van der Waals surface area (Å²) in [4.78, 5) is 0. The summed E-state index contributed by atoms with van der Waals surface area (Å²) in [7, 11) is 0. The Labute approximate surface area is 127 Å². The number of hydrogen-bond acceptors (Lipinski definition) is 2. The first-order chi connectivity index (χ1) is 10.3. The maximum Gasteiger partial charge on any atom is 0.101 e. The van der Waals surface area contributed by atoms with E-state index in [4.69, 9.17) is 11.6 Å². The highest BCUT2D eigenvalue weighted by Crippen LogP contribution is 2.29. The normalized spacial score (nSPS) is 11.1. The third-order valence-corrected chi connectivity index (χ3v) is 3.90. The lowest BCUT2D eigenvalue weighted by Gasteiger charge is -2.07. The largest absolute Gasteiger partial charge is 0.158 e. The van der Waals surface area contributed by atoms with Gasteiger partial charge in [-0.05, 0) is 35.0 Å². The Bertz CT molecular complexity index is 946. The van der Waals surface area contributed by atoms with Crippen molar-refractivity contribution in [2.45, 2.75) is 0 Å². The molecule has 0 aliphatic carbocycles. The van der Waals surface area contributed by atoms with Gasteiger partial charge in [0.05, 0.1) is 6.20 Å². The van der Waals surface area contributed by atoms with Crippen molar-refractivity contribution < 1.29 is 0 Å². The van der Waals surface area contributed by atoms with Crippen LogP contribution >= 0.6 is 11.6 Å². The van der Waals surface area contributed by atoms with Crippen LogP contribution in [-0.2, 0) is 0 Å². The predicted molar refractivity (Wildman–Crippen MR) is 87.5 cm³/mol. The van der Waals surface area contributed by atoms with Crippen molar-refractivity contribution >= 4 is 33.1 Å². The number of rotatable bonds is 1. The summed E-state index contributed by atoms with van der Waals surface area (Å²) in [6.07, 6.45) is 1.81. The van der Waals surface area contributed by atoms with Crippen molar-refractivity contribution in [3.8, 4) is 11.3 Å². The Morgan fingerprint density at radius 1 is 0.762 bits per heavy atom. The van der Waals surface area contributed by atoms with Crippen molar-refractivity contribution in [2.24, 2.45) is 0 Å². The standard InChI is InChI=1S/C18H11ClN2/c19-16-7-5-12(6-8-16)18-17-10-14-4-2-1-3-13(14)9-15(17)11-20-21-18/h1-11H. The minimum Gasteiger partial charge on any atom is -0.158 e. The molecule has 0 fully saturated rings. The molecular formula is C18H11ClN2. The molecule has 100 valence electrons. The van der Waals surface area contributed by atoms with E-state index in [2.05, 4.69) is 34.5 Å². The number of hydrogen-bond donors (Lipinski definition) is 0. The molecule has 4 rings (SSSR count). The number of aromatic nitrogens is 2. The maximum atomic E-state index is 5.96. The van der Waals surface area contributed by atoms with E-state index in [-0.39, 0.29) is 0 Å². The van der Waals surface area contributed by atoms with Crippen LogP contribution in [0.1, 0.15) is 0 Å². The topological polar surface area (TPSA) is 25.8 Å². The summed E-state index contributed by atoms with van der Waals surface area (Å²) in [5, 5.41) is 13.8. The van der Waals surface area contributed by atoms with E-state index in [1.165, 1.54) is 10.8 Å². The van der Waals surface area contributed by atoms with Crippen LogP contribution in [0.5, 0.6) is 0 Å². The molecule has 0 amide bonds. The molecule has 0 saturated carbocycles. The molecule has 1 heterocycles. The SMILES string of the molecule is Clc1ccc(-c2nncc3cc4ccccc4cc23)cc1. The zero-order valence-corrected chi connectivity index (χ0v) is 11.9. The third kappa shape index (κ3) is 2.14. The van der Waals surface area contributed by atoms with Gasteiger partial charge < -0.3 is 0 Å². The van der Waals surface area contributed by atoms with Gasteiger partial charge in [0.2, 0.25) is 0 Å². The van der Waals surface area contributed by atoms with Gasteiger partial charge in [-0.2, -0.15) is 5.10 Å². The van der Waals surface area contributed by atoms with E-state index in [1.807, 2.05) is 36.4 Å². The smallest absolute Gasteiger partial charge is 0.101 e. The number of benzene rings is 3. The molecule has 2 nitrogen and oxygen atoms in total. The maximum absolute atomic E-state index is 5.96. The summed E-state index contributed by atoms with van der Waals surface area (Å²) in [6, 6.07) is 20.3. The van der Waals surface area contributed by atoms with Crippen LogP contribution in [0.4, 0.5) is 0 Å². The molecular weight excluding hydrogens is 280 g/mol. The zero-order valence-electron chi connectivity index (χ0n) is 11.1. The summed E-state index contributed by atoms with van der Waals surface area (Å²) in [5.41, 5.74) is 1.91. The van der Waals surface area contributed by atoms with Gasteiger partial charge in [0, 0.05) is 21.4 Å². The van der Waals surface area contributed by atoms with Gasteiger partial charge in [0.1, 0.15) is 5.69 Å². The molecule has 0 bridgehead atoms. The molecule has 0 radical (unpaired) electrons. The van der Waals surface area contributed by atoms with Crippen LogP contribution in [0.15, 0.2) is 66.9 Å². The lowest BCUT2D eigenvalue weighted by atomic mass is 10.0. The lowest BCUT2D eigenvalue weighted by Crippen LogP contribution is -1.90. The minimum absolute atomic E-state index is 0.720. The first-order valence-electron chi connectivity index (χ1n) is 6.71. The quantitative estimate of drug-likeness (QED) is 0.456. The van der Waals surface area contributed by atoms with Gasteiger partial charge >= 0.3 is 0 Å². The van der Waals surface area contributed by atoms with Crippen LogP contribution in [0, 0.1) is 0 Å². The second kappa shape index (κ2) is 4.83. The molecule has 0 aliphatic heterocycles. The summed E-state index contributed by atoms with van der Waals surface area (Å²) in [6.45, 7) is 0. The van der Waals surface area contributed by atoms with Crippen LogP contribution in [0.2, 0.25) is 5.02 Å². The minimum atomic E-state index is 0.720. The van der Waals surface area contributed by atoms with Crippen molar-refractivity contribution in [3.63, 3.8) is 0 Å².